The number of aliphatic hydroxyl groups is 1. The molecule has 0 saturated heterocycles. The summed E-state index contributed by atoms with van der Waals surface area (Å²) in [6.45, 7) is 3.05. The van der Waals surface area contributed by atoms with Crippen molar-refractivity contribution in [2.75, 3.05) is 0 Å². The van der Waals surface area contributed by atoms with Crippen LogP contribution in [0.1, 0.15) is 43.2 Å². The average molecular weight is 337 g/mol. The first-order chi connectivity index (χ1) is 9.69. The van der Waals surface area contributed by atoms with E-state index in [4.69, 9.17) is 4.74 Å². The molecule has 106 valence electrons. The summed E-state index contributed by atoms with van der Waals surface area (Å²) in [6, 6.07) is 5.74. The molecule has 5 heteroatoms. The third-order valence-corrected chi connectivity index (χ3v) is 4.07. The lowest BCUT2D eigenvalue weighted by atomic mass is 9.97. The lowest BCUT2D eigenvalue weighted by molar-refractivity contribution is 0.0617. The Morgan fingerprint density at radius 2 is 2.35 bits per heavy atom. The molecule has 3 rings (SSSR count). The Hall–Kier alpha value is -1.33. The summed E-state index contributed by atoms with van der Waals surface area (Å²) in [5, 5.41) is 10.3. The maximum Gasteiger partial charge on any atom is 0.143 e. The minimum Gasteiger partial charge on any atom is -0.484 e. The van der Waals surface area contributed by atoms with Crippen molar-refractivity contribution >= 4 is 15.9 Å². The molecular formula is C15H17BrN2O2. The number of aryl methyl sites for hydroxylation is 1. The number of hydrogen-bond acceptors (Lipinski definition) is 3. The highest BCUT2D eigenvalue weighted by Crippen LogP contribution is 2.41. The number of benzene rings is 1. The van der Waals surface area contributed by atoms with Gasteiger partial charge in [-0.2, -0.15) is 0 Å². The van der Waals surface area contributed by atoms with E-state index in [0.717, 1.165) is 34.4 Å². The van der Waals surface area contributed by atoms with Crippen LogP contribution < -0.4 is 4.74 Å². The third-order valence-electron chi connectivity index (χ3n) is 3.58. The first kappa shape index (κ1) is 13.6. The van der Waals surface area contributed by atoms with Crippen LogP contribution in [0.4, 0.5) is 0 Å². The van der Waals surface area contributed by atoms with Crippen LogP contribution >= 0.6 is 15.9 Å². The van der Waals surface area contributed by atoms with Crippen molar-refractivity contribution in [1.29, 1.82) is 0 Å². The van der Waals surface area contributed by atoms with E-state index in [1.807, 2.05) is 30.7 Å². The van der Waals surface area contributed by atoms with Gasteiger partial charge in [0.25, 0.3) is 0 Å². The van der Waals surface area contributed by atoms with Crippen molar-refractivity contribution in [2.24, 2.45) is 0 Å². The molecule has 1 aliphatic rings. The van der Waals surface area contributed by atoms with Crippen molar-refractivity contribution in [3.05, 3.63) is 46.5 Å². The van der Waals surface area contributed by atoms with E-state index in [1.165, 1.54) is 0 Å². The number of ether oxygens (including phenoxy) is 1. The molecule has 0 aliphatic carbocycles. The second kappa shape index (κ2) is 5.58. The number of halogens is 1. The number of aliphatic hydroxyl groups excluding tert-OH is 1. The quantitative estimate of drug-likeness (QED) is 0.931. The Balaban J connectivity index is 1.92. The molecule has 0 bridgehead atoms. The molecule has 2 heterocycles. The number of hydrogen-bond donors (Lipinski definition) is 1. The molecular weight excluding hydrogens is 320 g/mol. The standard InChI is InChI=1S/C15H17BrN2O2/c1-2-5-18-9-17-8-12(18)15-7-13(19)11-4-3-10(16)6-14(11)20-15/h3-4,6,8-9,13,15,19H,2,5,7H2,1H3/t13-,15?/m0/s1. The maximum absolute atomic E-state index is 10.3. The summed E-state index contributed by atoms with van der Waals surface area (Å²) in [7, 11) is 0. The highest BCUT2D eigenvalue weighted by molar-refractivity contribution is 9.10. The molecule has 20 heavy (non-hydrogen) atoms. The zero-order valence-corrected chi connectivity index (χ0v) is 12.9. The van der Waals surface area contributed by atoms with Gasteiger partial charge in [-0.25, -0.2) is 4.98 Å². The first-order valence-corrected chi connectivity index (χ1v) is 7.62. The number of rotatable bonds is 3. The first-order valence-electron chi connectivity index (χ1n) is 6.83. The summed E-state index contributed by atoms with van der Waals surface area (Å²) >= 11 is 3.44. The van der Waals surface area contributed by atoms with Gasteiger partial charge in [0.05, 0.1) is 24.3 Å². The van der Waals surface area contributed by atoms with Gasteiger partial charge in [-0.15, -0.1) is 0 Å². The van der Waals surface area contributed by atoms with Crippen molar-refractivity contribution in [2.45, 2.75) is 38.5 Å². The Morgan fingerprint density at radius 3 is 3.15 bits per heavy atom. The maximum atomic E-state index is 10.3. The summed E-state index contributed by atoms with van der Waals surface area (Å²) in [6.07, 6.45) is 4.61. The lowest BCUT2D eigenvalue weighted by Crippen LogP contribution is -2.21. The second-order valence-electron chi connectivity index (χ2n) is 5.05. The smallest absolute Gasteiger partial charge is 0.143 e. The molecule has 1 unspecified atom stereocenters. The molecule has 1 aromatic heterocycles. The van der Waals surface area contributed by atoms with E-state index in [0.29, 0.717) is 6.42 Å². The van der Waals surface area contributed by atoms with Crippen LogP contribution in [-0.2, 0) is 6.54 Å². The molecule has 0 spiro atoms. The molecule has 0 radical (unpaired) electrons. The fourth-order valence-corrected chi connectivity index (χ4v) is 2.96. The summed E-state index contributed by atoms with van der Waals surface area (Å²) in [4.78, 5) is 4.21. The van der Waals surface area contributed by atoms with Gasteiger partial charge in [0, 0.05) is 23.0 Å². The zero-order chi connectivity index (χ0) is 14.1. The summed E-state index contributed by atoms with van der Waals surface area (Å²) < 4.78 is 9.11. The molecule has 0 fully saturated rings. The zero-order valence-electron chi connectivity index (χ0n) is 11.3. The third kappa shape index (κ3) is 2.47. The second-order valence-corrected chi connectivity index (χ2v) is 5.97. The summed E-state index contributed by atoms with van der Waals surface area (Å²) in [5.74, 6) is 0.743. The Kier molecular flexibility index (Phi) is 3.81. The molecule has 2 aromatic rings. The minimum absolute atomic E-state index is 0.152. The molecule has 4 nitrogen and oxygen atoms in total. The number of nitrogens with zero attached hydrogens (tertiary/aromatic N) is 2. The molecule has 0 saturated carbocycles. The SMILES string of the molecule is CCCn1cncc1C1C[C@H](O)c2ccc(Br)cc2O1. The number of imidazole rings is 1. The highest BCUT2D eigenvalue weighted by Gasteiger charge is 2.29. The van der Waals surface area contributed by atoms with Crippen LogP contribution in [0, 0.1) is 0 Å². The molecule has 1 aliphatic heterocycles. The molecule has 1 N–H and O–H groups in total. The largest absolute Gasteiger partial charge is 0.484 e. The molecule has 0 amide bonds. The van der Waals surface area contributed by atoms with E-state index >= 15 is 0 Å². The van der Waals surface area contributed by atoms with Crippen molar-refractivity contribution in [3.8, 4) is 5.75 Å². The van der Waals surface area contributed by atoms with E-state index < -0.39 is 6.10 Å². The Labute approximate surface area is 126 Å². The van der Waals surface area contributed by atoms with Gasteiger partial charge in [-0.1, -0.05) is 28.9 Å². The van der Waals surface area contributed by atoms with Crippen molar-refractivity contribution in [1.82, 2.24) is 9.55 Å². The van der Waals surface area contributed by atoms with Gasteiger partial charge in [0.2, 0.25) is 0 Å². The molecule has 1 aromatic carbocycles. The van der Waals surface area contributed by atoms with E-state index in [9.17, 15) is 5.11 Å². The lowest BCUT2D eigenvalue weighted by Gasteiger charge is -2.30. The van der Waals surface area contributed by atoms with Crippen LogP contribution in [0.25, 0.3) is 0 Å². The van der Waals surface area contributed by atoms with Gasteiger partial charge in [-0.3, -0.25) is 0 Å². The van der Waals surface area contributed by atoms with Crippen LogP contribution in [-0.4, -0.2) is 14.7 Å². The van der Waals surface area contributed by atoms with E-state index in [-0.39, 0.29) is 6.10 Å². The van der Waals surface area contributed by atoms with Gasteiger partial charge in [0.15, 0.2) is 0 Å². The van der Waals surface area contributed by atoms with Crippen LogP contribution in [0.5, 0.6) is 5.75 Å². The van der Waals surface area contributed by atoms with Crippen LogP contribution in [0.15, 0.2) is 35.2 Å². The fourth-order valence-electron chi connectivity index (χ4n) is 2.62. The van der Waals surface area contributed by atoms with Gasteiger partial charge in [0.1, 0.15) is 11.9 Å². The fraction of sp³-hybridized carbons (Fsp3) is 0.400. The average Bonchev–Trinajstić information content (AvgIpc) is 2.86. The van der Waals surface area contributed by atoms with Crippen LogP contribution in [0.3, 0.4) is 0 Å². The normalized spacial score (nSPS) is 21.4. The number of fused-ring (bicyclic) bond motifs is 1. The predicted molar refractivity (Wildman–Crippen MR) is 79.6 cm³/mol. The van der Waals surface area contributed by atoms with Gasteiger partial charge < -0.3 is 14.4 Å². The van der Waals surface area contributed by atoms with Gasteiger partial charge >= 0.3 is 0 Å². The van der Waals surface area contributed by atoms with Crippen LogP contribution in [0.2, 0.25) is 0 Å². The topological polar surface area (TPSA) is 47.3 Å². The Morgan fingerprint density at radius 1 is 1.50 bits per heavy atom. The molecule has 2 atom stereocenters. The van der Waals surface area contributed by atoms with Gasteiger partial charge in [-0.05, 0) is 18.6 Å². The summed E-state index contributed by atoms with van der Waals surface area (Å²) in [5.41, 5.74) is 1.88. The van der Waals surface area contributed by atoms with Crippen molar-refractivity contribution < 1.29 is 9.84 Å². The number of aromatic nitrogens is 2. The highest BCUT2D eigenvalue weighted by atomic mass is 79.9. The predicted octanol–water partition coefficient (Wildman–Crippen LogP) is 3.61. The Bertz CT molecular complexity index is 612. The monoisotopic (exact) mass is 336 g/mol. The minimum atomic E-state index is -0.498. The van der Waals surface area contributed by atoms with Crippen molar-refractivity contribution in [3.63, 3.8) is 0 Å². The van der Waals surface area contributed by atoms with E-state index in [1.54, 1.807) is 0 Å². The van der Waals surface area contributed by atoms with E-state index in [2.05, 4.69) is 32.4 Å².